The molecule has 0 aromatic rings. The molecule has 3 fully saturated rings. The molecule has 0 aliphatic heterocycles. The molecule has 4 heteroatoms. The van der Waals surface area contributed by atoms with Crippen LogP contribution in [-0.4, -0.2) is 28.4 Å². The molecule has 0 amide bonds. The molecule has 2 N–H and O–H groups in total. The van der Waals surface area contributed by atoms with Gasteiger partial charge in [0.25, 0.3) is 0 Å². The van der Waals surface area contributed by atoms with E-state index in [1.165, 1.54) is 0 Å². The van der Waals surface area contributed by atoms with Crippen molar-refractivity contribution in [3.05, 3.63) is 23.8 Å². The maximum Gasteiger partial charge on any atom is 0.138 e. The quantitative estimate of drug-likeness (QED) is 0.248. The number of fused-ring (bicyclic) bond motifs is 5. The van der Waals surface area contributed by atoms with Gasteiger partial charge in [-0.2, -0.15) is 0 Å². The molecule has 192 valence electrons. The average Bonchev–Trinajstić information content (AvgIpc) is 2.96. The molecule has 0 heterocycles. The van der Waals surface area contributed by atoms with Gasteiger partial charge in [-0.1, -0.05) is 59.8 Å². The molecule has 0 bridgehead atoms. The van der Waals surface area contributed by atoms with Crippen LogP contribution in [0.2, 0.25) is 0 Å². The molecule has 4 aliphatic carbocycles. The van der Waals surface area contributed by atoms with Gasteiger partial charge in [0, 0.05) is 11.8 Å². The molecule has 4 rings (SSSR count). The monoisotopic (exact) mass is 472 g/mol. The van der Waals surface area contributed by atoms with Crippen LogP contribution in [0.25, 0.3) is 0 Å². The number of aliphatic hydroxyl groups is 1. The Morgan fingerprint density at radius 1 is 1.21 bits per heavy atom. The minimum atomic E-state index is -0.341. The summed E-state index contributed by atoms with van der Waals surface area (Å²) in [6.07, 6.45) is 9.24. The van der Waals surface area contributed by atoms with Crippen LogP contribution >= 0.6 is 0 Å². The summed E-state index contributed by atoms with van der Waals surface area (Å²) in [4.78, 5) is 17.5. The number of hydrogen-bond donors (Lipinski definition) is 2. The Hall–Kier alpha value is -0.970. The maximum absolute atomic E-state index is 12.8. The zero-order valence-corrected chi connectivity index (χ0v) is 22.6. The summed E-state index contributed by atoms with van der Waals surface area (Å²) in [5, 5.41) is 20.8. The number of rotatable bonds is 6. The molecule has 0 aromatic carbocycles. The van der Waals surface area contributed by atoms with E-state index in [1.807, 2.05) is 6.92 Å². The van der Waals surface area contributed by atoms with E-state index in [0.29, 0.717) is 30.0 Å². The molecule has 9 atom stereocenters. The van der Waals surface area contributed by atoms with Crippen molar-refractivity contribution in [2.24, 2.45) is 45.3 Å². The molecule has 0 aromatic heterocycles. The average molecular weight is 473 g/mol. The molecule has 4 aliphatic rings. The summed E-state index contributed by atoms with van der Waals surface area (Å²) < 4.78 is 0. The smallest absolute Gasteiger partial charge is 0.138 e. The Morgan fingerprint density at radius 3 is 2.50 bits per heavy atom. The van der Waals surface area contributed by atoms with Crippen LogP contribution in [0.5, 0.6) is 0 Å². The summed E-state index contributed by atoms with van der Waals surface area (Å²) in [7, 11) is 0. The van der Waals surface area contributed by atoms with Crippen LogP contribution in [0.4, 0.5) is 0 Å². The first kappa shape index (κ1) is 26.1. The molecule has 3 saturated carbocycles. The molecule has 0 radical (unpaired) electrons. The Labute approximate surface area is 207 Å². The van der Waals surface area contributed by atoms with Crippen LogP contribution in [0, 0.1) is 45.3 Å². The van der Waals surface area contributed by atoms with Crippen LogP contribution in [0.3, 0.4) is 0 Å². The van der Waals surface area contributed by atoms with Gasteiger partial charge in [-0.3, -0.25) is 10.1 Å². The topological polar surface area (TPSA) is 66.8 Å². The summed E-state index contributed by atoms with van der Waals surface area (Å²) in [6, 6.07) is 0. The van der Waals surface area contributed by atoms with Crippen molar-refractivity contribution in [1.29, 1.82) is 0 Å². The second-order valence-electron chi connectivity index (χ2n) is 13.7. The van der Waals surface area contributed by atoms with E-state index < -0.39 is 0 Å². The zero-order chi connectivity index (χ0) is 25.3. The standard InChI is InChI=1S/C30H48O4/c1-18(2)23(34-33)11-9-19(3)26-22(31)17-30(8)21-10-12-24-27(4,5)25(32)14-15-28(24,6)20(21)13-16-29(26,30)7/h10,19-20,22-24,26,31,33H,1,9,11-17H2,2-8H3/t19-,20+,22+,23?,24+,26-,28?,29+,30-/m1/s1. The highest BCUT2D eigenvalue weighted by Crippen LogP contribution is 2.73. The van der Waals surface area contributed by atoms with Gasteiger partial charge < -0.3 is 5.11 Å². The predicted octanol–water partition coefficient (Wildman–Crippen LogP) is 6.98. The molecular weight excluding hydrogens is 424 g/mol. The Balaban J connectivity index is 1.63. The Morgan fingerprint density at radius 2 is 1.88 bits per heavy atom. The van der Waals surface area contributed by atoms with Crippen molar-refractivity contribution in [3.8, 4) is 0 Å². The second-order valence-corrected chi connectivity index (χ2v) is 13.7. The van der Waals surface area contributed by atoms with E-state index in [-0.39, 0.29) is 39.8 Å². The third-order valence-corrected chi connectivity index (χ3v) is 11.8. The third kappa shape index (κ3) is 3.53. The van der Waals surface area contributed by atoms with Gasteiger partial charge in [0.05, 0.1) is 6.10 Å². The minimum Gasteiger partial charge on any atom is -0.393 e. The van der Waals surface area contributed by atoms with Gasteiger partial charge in [0.2, 0.25) is 0 Å². The molecule has 4 nitrogen and oxygen atoms in total. The van der Waals surface area contributed by atoms with Crippen LogP contribution < -0.4 is 0 Å². The zero-order valence-electron chi connectivity index (χ0n) is 22.6. The molecule has 0 spiro atoms. The first-order valence-electron chi connectivity index (χ1n) is 13.6. The minimum absolute atomic E-state index is 0.0188. The lowest BCUT2D eigenvalue weighted by molar-refractivity contribution is -0.270. The van der Waals surface area contributed by atoms with Crippen LogP contribution in [0.1, 0.15) is 99.8 Å². The van der Waals surface area contributed by atoms with Crippen LogP contribution in [-0.2, 0) is 9.68 Å². The fraction of sp³-hybridized carbons (Fsp3) is 0.833. The number of ketones is 1. The van der Waals surface area contributed by atoms with Crippen molar-refractivity contribution in [3.63, 3.8) is 0 Å². The summed E-state index contributed by atoms with van der Waals surface area (Å²) in [5.41, 5.74) is 2.34. The predicted molar refractivity (Wildman–Crippen MR) is 136 cm³/mol. The van der Waals surface area contributed by atoms with Gasteiger partial charge in [-0.05, 0) is 97.4 Å². The fourth-order valence-corrected chi connectivity index (χ4v) is 9.61. The highest BCUT2D eigenvalue weighted by Gasteiger charge is 2.67. The highest BCUT2D eigenvalue weighted by molar-refractivity contribution is 5.85. The third-order valence-electron chi connectivity index (χ3n) is 11.8. The fourth-order valence-electron chi connectivity index (χ4n) is 9.61. The molecule has 0 saturated heterocycles. The first-order valence-corrected chi connectivity index (χ1v) is 13.6. The van der Waals surface area contributed by atoms with Gasteiger partial charge in [-0.15, -0.1) is 0 Å². The van der Waals surface area contributed by atoms with Crippen LogP contribution in [0.15, 0.2) is 23.8 Å². The first-order chi connectivity index (χ1) is 15.7. The van der Waals surface area contributed by atoms with Crippen molar-refractivity contribution >= 4 is 5.78 Å². The Kier molecular flexibility index (Phi) is 6.57. The van der Waals surface area contributed by atoms with Gasteiger partial charge in [0.1, 0.15) is 11.9 Å². The number of allylic oxidation sites excluding steroid dienone is 2. The molecular formula is C30H48O4. The van der Waals surface area contributed by atoms with Gasteiger partial charge in [0.15, 0.2) is 0 Å². The SMILES string of the molecule is C=C(C)C(CC[C@@H](C)[C@@H]1[C@@H](O)C[C@]2(C)C3=CC[C@H]4C(C)(C)C(=O)CCC4(C)[C@H]3CC[C@@]12C)OO. The lowest BCUT2D eigenvalue weighted by Gasteiger charge is -2.63. The van der Waals surface area contributed by atoms with E-state index in [2.05, 4.69) is 59.1 Å². The van der Waals surface area contributed by atoms with E-state index >= 15 is 0 Å². The molecule has 34 heavy (non-hydrogen) atoms. The molecule has 2 unspecified atom stereocenters. The maximum atomic E-state index is 12.8. The summed E-state index contributed by atoms with van der Waals surface area (Å²) >= 11 is 0. The van der Waals surface area contributed by atoms with Crippen molar-refractivity contribution in [2.75, 3.05) is 0 Å². The van der Waals surface area contributed by atoms with Crippen molar-refractivity contribution in [2.45, 2.75) is 112 Å². The number of carbonyl (C=O) groups excluding carboxylic acids is 1. The highest BCUT2D eigenvalue weighted by atomic mass is 17.1. The van der Waals surface area contributed by atoms with E-state index in [0.717, 1.165) is 50.5 Å². The van der Waals surface area contributed by atoms with E-state index in [9.17, 15) is 15.2 Å². The van der Waals surface area contributed by atoms with E-state index in [4.69, 9.17) is 0 Å². The summed E-state index contributed by atoms with van der Waals surface area (Å²) in [6.45, 7) is 19.8. The summed E-state index contributed by atoms with van der Waals surface area (Å²) in [5.74, 6) is 1.90. The van der Waals surface area contributed by atoms with Crippen molar-refractivity contribution < 1.29 is 20.0 Å². The van der Waals surface area contributed by atoms with Gasteiger partial charge >= 0.3 is 0 Å². The largest absolute Gasteiger partial charge is 0.393 e. The normalized spacial score (nSPS) is 45.0. The second kappa shape index (κ2) is 8.56. The van der Waals surface area contributed by atoms with Crippen molar-refractivity contribution in [1.82, 2.24) is 0 Å². The lowest BCUT2D eigenvalue weighted by atomic mass is 9.41. The van der Waals surface area contributed by atoms with Gasteiger partial charge in [-0.25, -0.2) is 4.89 Å². The van der Waals surface area contributed by atoms with E-state index in [1.54, 1.807) is 5.57 Å². The number of Topliss-reactive ketones (excluding diaryl/α,β-unsaturated/α-hetero) is 1. The number of aliphatic hydroxyl groups excluding tert-OH is 1. The lowest BCUT2D eigenvalue weighted by Crippen LogP contribution is -2.57. The number of hydrogen-bond acceptors (Lipinski definition) is 4. The Bertz CT molecular complexity index is 873. The number of carbonyl (C=O) groups is 1.